The van der Waals surface area contributed by atoms with Crippen LogP contribution in [0, 0.1) is 5.92 Å². The van der Waals surface area contributed by atoms with Crippen molar-refractivity contribution in [3.8, 4) is 0 Å². The van der Waals surface area contributed by atoms with Gasteiger partial charge in [0.2, 0.25) is 0 Å². The predicted octanol–water partition coefficient (Wildman–Crippen LogP) is 4.91. The molecule has 234 valence electrons. The Morgan fingerprint density at radius 2 is 1.36 bits per heavy atom. The Balaban J connectivity index is 2.01. The van der Waals surface area contributed by atoms with Crippen LogP contribution in [0.5, 0.6) is 0 Å². The van der Waals surface area contributed by atoms with Gasteiger partial charge in [-0.3, -0.25) is 14.9 Å². The second-order valence-corrected chi connectivity index (χ2v) is 12.0. The van der Waals surface area contributed by atoms with Crippen LogP contribution in [0.25, 0.3) is 5.76 Å². The topological polar surface area (TPSA) is 98.7 Å². The standard InChI is InChI=1S/C34H54N4O4/c1-9-24(37(11-3,12-4)13-5)22-35-27-19-17-18-26-29(27)33(41)31-30(32(26)40)28(39)20-21-34(31,42)36-23-25(10-2)38(14-6,15-7)16-8/h17-21,24-25,31,36,42H,9-16,22-23H2,1-8H3/p+2. The van der Waals surface area contributed by atoms with E-state index < -0.39 is 17.4 Å². The minimum Gasteiger partial charge on any atom is -0.507 e. The molecular weight excluding hydrogens is 528 g/mol. The fraction of sp³-hybridized carbons (Fsp3) is 0.647. The number of aliphatic hydroxyl groups is 2. The molecule has 4 atom stereocenters. The van der Waals surface area contributed by atoms with Crippen molar-refractivity contribution >= 4 is 23.0 Å². The van der Waals surface area contributed by atoms with Gasteiger partial charge in [-0.1, -0.05) is 26.0 Å². The number of carbonyl (C=O) groups excluding carboxylic acids is 2. The van der Waals surface area contributed by atoms with Crippen LogP contribution < -0.4 is 10.6 Å². The highest BCUT2D eigenvalue weighted by Gasteiger charge is 2.52. The summed E-state index contributed by atoms with van der Waals surface area (Å²) in [5.41, 5.74) is -0.554. The summed E-state index contributed by atoms with van der Waals surface area (Å²) in [5.74, 6) is -2.28. The molecule has 0 radical (unpaired) electrons. The zero-order chi connectivity index (χ0) is 31.3. The van der Waals surface area contributed by atoms with Crippen LogP contribution in [0.3, 0.4) is 0 Å². The predicted molar refractivity (Wildman–Crippen MR) is 171 cm³/mol. The maximum absolute atomic E-state index is 14.4. The second kappa shape index (κ2) is 13.8. The van der Waals surface area contributed by atoms with Crippen LogP contribution in [0.4, 0.5) is 5.69 Å². The van der Waals surface area contributed by atoms with E-state index in [9.17, 15) is 19.8 Å². The molecular formula is C34H56N4O4+2. The number of nitrogens with zero attached hydrogens (tertiary/aromatic N) is 2. The molecule has 2 aliphatic carbocycles. The average Bonchev–Trinajstić information content (AvgIpc) is 3.01. The number of nitrogens with one attached hydrogen (secondary N) is 2. The molecule has 0 saturated carbocycles. The number of anilines is 1. The number of aliphatic hydroxyl groups excluding tert-OH is 1. The molecule has 4 N–H and O–H groups in total. The molecule has 8 nitrogen and oxygen atoms in total. The summed E-state index contributed by atoms with van der Waals surface area (Å²) in [6.07, 6.45) is 4.57. The van der Waals surface area contributed by atoms with Gasteiger partial charge in [-0.25, -0.2) is 0 Å². The van der Waals surface area contributed by atoms with Crippen molar-refractivity contribution in [1.82, 2.24) is 5.32 Å². The molecule has 0 amide bonds. The van der Waals surface area contributed by atoms with Crippen LogP contribution in [0.1, 0.15) is 84.2 Å². The number of carbonyl (C=O) groups is 2. The summed E-state index contributed by atoms with van der Waals surface area (Å²) in [5, 5.41) is 30.3. The molecule has 2 aliphatic rings. The zero-order valence-electron chi connectivity index (χ0n) is 27.3. The number of ketones is 2. The van der Waals surface area contributed by atoms with E-state index in [1.165, 1.54) is 12.2 Å². The van der Waals surface area contributed by atoms with Crippen molar-refractivity contribution in [1.29, 1.82) is 0 Å². The number of quaternary nitrogens is 2. The number of hydrogen-bond donors (Lipinski definition) is 4. The van der Waals surface area contributed by atoms with Crippen molar-refractivity contribution < 1.29 is 28.8 Å². The lowest BCUT2D eigenvalue weighted by Crippen LogP contribution is -2.63. The Labute approximate surface area is 253 Å². The normalized spacial score (nSPS) is 22.2. The van der Waals surface area contributed by atoms with E-state index in [1.54, 1.807) is 12.1 Å². The van der Waals surface area contributed by atoms with Crippen LogP contribution in [0.2, 0.25) is 0 Å². The van der Waals surface area contributed by atoms with Gasteiger partial charge < -0.3 is 24.5 Å². The van der Waals surface area contributed by atoms with E-state index in [2.05, 4.69) is 66.0 Å². The number of likely N-dealkylation sites (N-methyl/N-ethyl adjacent to an activating group) is 2. The van der Waals surface area contributed by atoms with E-state index >= 15 is 0 Å². The summed E-state index contributed by atoms with van der Waals surface area (Å²) >= 11 is 0. The highest BCUT2D eigenvalue weighted by molar-refractivity contribution is 6.22. The fourth-order valence-electron chi connectivity index (χ4n) is 7.80. The monoisotopic (exact) mass is 584 g/mol. The van der Waals surface area contributed by atoms with Crippen LogP contribution in [0.15, 0.2) is 35.9 Å². The molecule has 1 aromatic carbocycles. The molecule has 0 spiro atoms. The minimum absolute atomic E-state index is 0.0394. The van der Waals surface area contributed by atoms with Crippen LogP contribution >= 0.6 is 0 Å². The highest BCUT2D eigenvalue weighted by Crippen LogP contribution is 2.44. The summed E-state index contributed by atoms with van der Waals surface area (Å²) in [6, 6.07) is 5.89. The molecule has 0 aliphatic heterocycles. The van der Waals surface area contributed by atoms with Crippen molar-refractivity contribution in [2.24, 2.45) is 5.92 Å². The van der Waals surface area contributed by atoms with Gasteiger partial charge in [0, 0.05) is 11.3 Å². The number of hydrogen-bond acceptors (Lipinski definition) is 6. The maximum atomic E-state index is 14.4. The van der Waals surface area contributed by atoms with Crippen molar-refractivity contribution in [2.45, 2.75) is 86.0 Å². The molecule has 0 fully saturated rings. The van der Waals surface area contributed by atoms with Gasteiger partial charge in [0.15, 0.2) is 11.6 Å². The van der Waals surface area contributed by atoms with Gasteiger partial charge in [0.1, 0.15) is 29.5 Å². The van der Waals surface area contributed by atoms with Crippen LogP contribution in [-0.2, 0) is 4.79 Å². The number of benzene rings is 1. The fourth-order valence-corrected chi connectivity index (χ4v) is 7.80. The molecule has 8 heteroatoms. The van der Waals surface area contributed by atoms with Gasteiger partial charge in [-0.2, -0.15) is 0 Å². The average molecular weight is 585 g/mol. The van der Waals surface area contributed by atoms with Gasteiger partial charge in [0.05, 0.1) is 63.5 Å². The third-order valence-corrected chi connectivity index (χ3v) is 11.0. The summed E-state index contributed by atoms with van der Waals surface area (Å²) in [7, 11) is 0. The summed E-state index contributed by atoms with van der Waals surface area (Å²) in [6.45, 7) is 24.7. The third-order valence-electron chi connectivity index (χ3n) is 11.0. The molecule has 0 aromatic heterocycles. The minimum atomic E-state index is -1.80. The smallest absolute Gasteiger partial charge is 0.186 e. The Kier molecular flexibility index (Phi) is 11.2. The Morgan fingerprint density at radius 3 is 1.86 bits per heavy atom. The first-order valence-electron chi connectivity index (χ1n) is 16.3. The Hall–Kier alpha value is -2.52. The summed E-state index contributed by atoms with van der Waals surface area (Å²) in [4.78, 5) is 27.5. The molecule has 1 aromatic rings. The number of Topliss-reactive ketones (excluding diaryl/α,β-unsaturated/α-hetero) is 1. The highest BCUT2D eigenvalue weighted by atomic mass is 16.3. The van der Waals surface area contributed by atoms with Crippen LogP contribution in [-0.4, -0.2) is 101 Å². The first kappa shape index (κ1) is 34.0. The summed E-state index contributed by atoms with van der Waals surface area (Å²) < 4.78 is 1.86. The molecule has 4 unspecified atom stereocenters. The molecule has 0 bridgehead atoms. The molecule has 42 heavy (non-hydrogen) atoms. The molecule has 3 rings (SSSR count). The van der Waals surface area contributed by atoms with Crippen molar-refractivity contribution in [3.05, 3.63) is 47.1 Å². The molecule has 0 saturated heterocycles. The first-order chi connectivity index (χ1) is 20.0. The number of fused-ring (bicyclic) bond motifs is 2. The van der Waals surface area contributed by atoms with E-state index in [0.717, 1.165) is 61.1 Å². The lowest BCUT2D eigenvalue weighted by molar-refractivity contribution is -0.945. The molecule has 0 heterocycles. The van der Waals surface area contributed by atoms with Gasteiger partial charge in [-0.05, 0) is 72.6 Å². The Bertz CT molecular complexity index is 1170. The van der Waals surface area contributed by atoms with Crippen molar-refractivity contribution in [2.75, 3.05) is 57.7 Å². The lowest BCUT2D eigenvalue weighted by Gasteiger charge is -2.45. The SMILES string of the molecule is CCC(CNc1cccc2c1C(=O)C1C(=C2O)C(=O)C=CC1(O)NCC(CC)[N+](CC)(CC)CC)[N+](CC)(CC)CC. The van der Waals surface area contributed by atoms with Crippen molar-refractivity contribution in [3.63, 3.8) is 0 Å². The quantitative estimate of drug-likeness (QED) is 0.163. The van der Waals surface area contributed by atoms with Gasteiger partial charge in [0.25, 0.3) is 0 Å². The first-order valence-corrected chi connectivity index (χ1v) is 16.3. The van der Waals surface area contributed by atoms with Gasteiger partial charge >= 0.3 is 0 Å². The van der Waals surface area contributed by atoms with E-state index in [1.807, 2.05) is 6.07 Å². The number of rotatable bonds is 16. The maximum Gasteiger partial charge on any atom is 0.186 e. The van der Waals surface area contributed by atoms with E-state index in [4.69, 9.17) is 0 Å². The third kappa shape index (κ3) is 5.83. The largest absolute Gasteiger partial charge is 0.507 e. The number of allylic oxidation sites excluding steroid dienone is 1. The lowest BCUT2D eigenvalue weighted by atomic mass is 9.70. The van der Waals surface area contributed by atoms with E-state index in [-0.39, 0.29) is 23.2 Å². The van der Waals surface area contributed by atoms with Gasteiger partial charge in [-0.15, -0.1) is 0 Å². The van der Waals surface area contributed by atoms with E-state index in [0.29, 0.717) is 35.9 Å². The Morgan fingerprint density at radius 1 is 0.833 bits per heavy atom. The zero-order valence-corrected chi connectivity index (χ0v) is 27.3. The second-order valence-electron chi connectivity index (χ2n) is 12.0.